The second kappa shape index (κ2) is 61.4. The Labute approximate surface area is 477 Å². The summed E-state index contributed by atoms with van der Waals surface area (Å²) < 4.78 is 36.7. The van der Waals surface area contributed by atoms with Gasteiger partial charge in [0, 0.05) is 19.8 Å². The second-order valence-electron chi connectivity index (χ2n) is 22.9. The summed E-state index contributed by atoms with van der Waals surface area (Å²) in [7, 11) is 0. The van der Waals surface area contributed by atoms with Gasteiger partial charge in [-0.25, -0.2) is 0 Å². The van der Waals surface area contributed by atoms with Gasteiger partial charge in [0.25, 0.3) is 0 Å². The van der Waals surface area contributed by atoms with Crippen LogP contribution >= 0.6 is 0 Å². The van der Waals surface area contributed by atoms with Crippen molar-refractivity contribution >= 4 is 33.1 Å². The third-order valence-electron chi connectivity index (χ3n) is 15.3. The average Bonchev–Trinajstić information content (AvgIpc) is 3.41. The van der Waals surface area contributed by atoms with Crippen LogP contribution in [0.25, 0.3) is 0 Å². The fourth-order valence-corrected chi connectivity index (χ4v) is 11.2. The fraction of sp³-hybridized carbons (Fsp3) is 0.955. The lowest BCUT2D eigenvalue weighted by atomic mass is 10.0. The summed E-state index contributed by atoms with van der Waals surface area (Å²) in [5.41, 5.74) is 0. The van der Waals surface area contributed by atoms with E-state index in [0.717, 1.165) is 96.3 Å². The maximum atomic E-state index is 14.1. The third-order valence-corrected chi connectivity index (χ3v) is 16.6. The molecule has 0 amide bonds. The summed E-state index contributed by atoms with van der Waals surface area (Å²) in [6.07, 6.45) is 56.9. The van der Waals surface area contributed by atoms with Crippen molar-refractivity contribution in [3.8, 4) is 0 Å². The quantitative estimate of drug-likeness (QED) is 0.0435. The van der Waals surface area contributed by atoms with Crippen LogP contribution in [0.2, 0.25) is 0 Å². The maximum absolute atomic E-state index is 14.1. The zero-order valence-corrected chi connectivity index (χ0v) is 52.8. The van der Waals surface area contributed by atoms with Gasteiger partial charge in [0.15, 0.2) is 18.3 Å². The van der Waals surface area contributed by atoms with Crippen LogP contribution in [0.1, 0.15) is 369 Å². The van der Waals surface area contributed by atoms with E-state index in [9.17, 15) is 14.4 Å². The minimum atomic E-state index is -3.72. The predicted octanol–water partition coefficient (Wildman–Crippen LogP) is 20.8. The molecular formula is C66H129AlO9. The van der Waals surface area contributed by atoms with Crippen molar-refractivity contribution in [2.45, 2.75) is 387 Å². The van der Waals surface area contributed by atoms with Crippen LogP contribution in [-0.2, 0) is 40.0 Å². The number of hydrogen-bond acceptors (Lipinski definition) is 9. The lowest BCUT2D eigenvalue weighted by Crippen LogP contribution is -2.43. The average molecular weight is 1090 g/mol. The van der Waals surface area contributed by atoms with Crippen molar-refractivity contribution in [2.24, 2.45) is 0 Å². The van der Waals surface area contributed by atoms with Crippen molar-refractivity contribution in [2.75, 3.05) is 19.8 Å². The van der Waals surface area contributed by atoms with Gasteiger partial charge in [-0.3, -0.25) is 14.4 Å². The molecule has 10 heteroatoms. The molecular weight excluding hydrogens is 964 g/mol. The Bertz CT molecular complexity index is 1060. The van der Waals surface area contributed by atoms with Gasteiger partial charge in [-0.05, 0) is 38.5 Å². The minimum Gasteiger partial charge on any atom is -0.549 e. The Kier molecular flexibility index (Phi) is 60.5. The van der Waals surface area contributed by atoms with Gasteiger partial charge in [0.1, 0.15) is 0 Å². The molecule has 0 aliphatic rings. The zero-order chi connectivity index (χ0) is 55.5. The number of carbonyl (C=O) groups excluding carboxylic acids is 3. The molecule has 0 heterocycles. The number of carbonyl (C=O) groups is 3. The molecule has 0 aliphatic carbocycles. The standard InChI is InChI=1S/3C22H44O3.Al/c3*1-3-5-7-8-9-10-11-12-13-14-15-16-17-18-19-21(22(23)24)25-20-6-4-2;/h3*21H,3-20H2,1-2H3,(H,23,24);/q;;;+3/p-3. The minimum absolute atomic E-state index is 0.430. The van der Waals surface area contributed by atoms with Gasteiger partial charge in [0.05, 0.1) is 0 Å². The van der Waals surface area contributed by atoms with E-state index in [4.69, 9.17) is 25.6 Å². The highest BCUT2D eigenvalue weighted by molar-refractivity contribution is 6.44. The first-order valence-corrected chi connectivity index (χ1v) is 35.3. The smallest absolute Gasteiger partial charge is 0.549 e. The van der Waals surface area contributed by atoms with E-state index >= 15 is 0 Å². The Morgan fingerprint density at radius 2 is 0.395 bits per heavy atom. The Hall–Kier alpha value is -1.18. The first-order chi connectivity index (χ1) is 37.4. The Balaban J connectivity index is 5.70. The molecule has 76 heavy (non-hydrogen) atoms. The van der Waals surface area contributed by atoms with E-state index in [-0.39, 0.29) is 0 Å². The Morgan fingerprint density at radius 1 is 0.237 bits per heavy atom. The van der Waals surface area contributed by atoms with Crippen LogP contribution in [0, 0.1) is 0 Å². The molecule has 0 rings (SSSR count). The summed E-state index contributed by atoms with van der Waals surface area (Å²) in [6.45, 7) is 14.4. The summed E-state index contributed by atoms with van der Waals surface area (Å²) >= 11 is -3.72. The molecule has 0 fully saturated rings. The van der Waals surface area contributed by atoms with Crippen molar-refractivity contribution in [3.05, 3.63) is 0 Å². The van der Waals surface area contributed by atoms with Crippen LogP contribution in [0.5, 0.6) is 0 Å². The van der Waals surface area contributed by atoms with E-state index in [0.29, 0.717) is 39.1 Å². The van der Waals surface area contributed by atoms with Gasteiger partial charge in [-0.2, -0.15) is 0 Å². The van der Waals surface area contributed by atoms with E-state index in [1.54, 1.807) is 0 Å². The van der Waals surface area contributed by atoms with Crippen molar-refractivity contribution in [1.82, 2.24) is 0 Å². The monoisotopic (exact) mass is 1090 g/mol. The molecule has 3 unspecified atom stereocenters. The molecule has 9 nitrogen and oxygen atoms in total. The molecule has 0 aliphatic heterocycles. The van der Waals surface area contributed by atoms with Gasteiger partial charge in [-0.15, -0.1) is 0 Å². The normalized spacial score (nSPS) is 12.7. The van der Waals surface area contributed by atoms with Gasteiger partial charge in [-0.1, -0.05) is 330 Å². The molecule has 0 N–H and O–H groups in total. The van der Waals surface area contributed by atoms with Gasteiger partial charge >= 0.3 is 33.1 Å². The van der Waals surface area contributed by atoms with Crippen molar-refractivity contribution < 1.29 is 40.0 Å². The lowest BCUT2D eigenvalue weighted by molar-refractivity contribution is -0.163. The first-order valence-electron chi connectivity index (χ1n) is 33.8. The number of unbranched alkanes of at least 4 members (excludes halogenated alkanes) is 42. The van der Waals surface area contributed by atoms with E-state index < -0.39 is 51.4 Å². The molecule has 0 aromatic rings. The summed E-state index contributed by atoms with van der Waals surface area (Å²) in [4.78, 5) is 42.4. The predicted molar refractivity (Wildman–Crippen MR) is 323 cm³/mol. The van der Waals surface area contributed by atoms with Crippen LogP contribution in [-0.4, -0.2) is 71.2 Å². The number of ether oxygens (including phenoxy) is 3. The van der Waals surface area contributed by atoms with Crippen molar-refractivity contribution in [1.29, 1.82) is 0 Å². The van der Waals surface area contributed by atoms with E-state index in [1.165, 1.54) is 212 Å². The summed E-state index contributed by atoms with van der Waals surface area (Å²) in [5.74, 6) is -1.85. The van der Waals surface area contributed by atoms with E-state index in [2.05, 4.69) is 41.5 Å². The Morgan fingerprint density at radius 3 is 0.566 bits per heavy atom. The SMILES string of the molecule is CCCCCCCCCCCCCCCCC(OCCCC)C(=O)[O][Al]([O]C(=O)C(CCCCCCCCCCCCCCCC)OCCCC)[O]C(=O)C(CCCCCCCCCCCCCCCC)OCCCC. The third kappa shape index (κ3) is 51.0. The molecule has 0 radical (unpaired) electrons. The molecule has 0 aromatic heterocycles. The largest absolute Gasteiger partial charge is 1.20 e. The highest BCUT2D eigenvalue weighted by Gasteiger charge is 2.52. The van der Waals surface area contributed by atoms with Crippen LogP contribution in [0.3, 0.4) is 0 Å². The topological polar surface area (TPSA) is 107 Å². The van der Waals surface area contributed by atoms with Crippen LogP contribution < -0.4 is 0 Å². The maximum Gasteiger partial charge on any atom is 1.20 e. The lowest BCUT2D eigenvalue weighted by Gasteiger charge is -2.23. The van der Waals surface area contributed by atoms with Gasteiger partial charge < -0.3 is 25.6 Å². The van der Waals surface area contributed by atoms with Crippen molar-refractivity contribution in [3.63, 3.8) is 0 Å². The van der Waals surface area contributed by atoms with E-state index in [1.807, 2.05) is 0 Å². The number of hydrogen-bond donors (Lipinski definition) is 0. The molecule has 450 valence electrons. The molecule has 3 atom stereocenters. The molecule has 0 saturated carbocycles. The second-order valence-corrected chi connectivity index (χ2v) is 24.2. The molecule has 0 aromatic carbocycles. The fourth-order valence-electron chi connectivity index (χ4n) is 10.1. The summed E-state index contributed by atoms with van der Waals surface area (Å²) in [5, 5.41) is 0. The first kappa shape index (κ1) is 74.8. The number of rotatable bonds is 63. The molecule has 0 spiro atoms. The highest BCUT2D eigenvalue weighted by atomic mass is 27.3. The zero-order valence-electron chi connectivity index (χ0n) is 51.7. The highest BCUT2D eigenvalue weighted by Crippen LogP contribution is 2.21. The van der Waals surface area contributed by atoms with Crippen LogP contribution in [0.15, 0.2) is 0 Å². The summed E-state index contributed by atoms with van der Waals surface area (Å²) in [6, 6.07) is 0. The van der Waals surface area contributed by atoms with Gasteiger partial charge in [0.2, 0.25) is 0 Å². The molecule has 0 bridgehead atoms. The molecule has 0 saturated heterocycles. The van der Waals surface area contributed by atoms with Crippen LogP contribution in [0.4, 0.5) is 0 Å².